The third kappa shape index (κ3) is 4.58. The summed E-state index contributed by atoms with van der Waals surface area (Å²) in [4.78, 5) is 29.0. The van der Waals surface area contributed by atoms with Crippen LogP contribution in [0.2, 0.25) is 5.02 Å². The topological polar surface area (TPSA) is 124 Å². The van der Waals surface area contributed by atoms with Crippen molar-refractivity contribution in [3.05, 3.63) is 71.1 Å². The van der Waals surface area contributed by atoms with Crippen molar-refractivity contribution < 1.29 is 14.3 Å². The average Bonchev–Trinajstić information content (AvgIpc) is 3.18. The molecule has 2 amide bonds. The largest absolute Gasteiger partial charge is 0.462 e. The fraction of sp³-hybridized carbons (Fsp3) is 0.130. The minimum atomic E-state index is -0.489. The molecule has 0 fully saturated rings. The smallest absolute Gasteiger partial charge is 0.340 e. The van der Waals surface area contributed by atoms with E-state index in [0.717, 1.165) is 5.56 Å². The van der Waals surface area contributed by atoms with E-state index in [9.17, 15) is 9.59 Å². The highest BCUT2D eigenvalue weighted by atomic mass is 35.5. The van der Waals surface area contributed by atoms with Crippen molar-refractivity contribution in [1.29, 1.82) is 0 Å². The summed E-state index contributed by atoms with van der Waals surface area (Å²) < 4.78 is 6.69. The summed E-state index contributed by atoms with van der Waals surface area (Å²) >= 11 is 6.02. The Kier molecular flexibility index (Phi) is 6.14. The Morgan fingerprint density at radius 1 is 1.12 bits per heavy atom. The van der Waals surface area contributed by atoms with Gasteiger partial charge in [-0.25, -0.2) is 19.1 Å². The fourth-order valence-corrected chi connectivity index (χ4v) is 3.54. The zero-order valence-corrected chi connectivity index (χ0v) is 18.7. The van der Waals surface area contributed by atoms with E-state index in [2.05, 4.69) is 20.7 Å². The number of hydrogen-bond acceptors (Lipinski definition) is 6. The number of aromatic nitrogens is 3. The van der Waals surface area contributed by atoms with Gasteiger partial charge in [0, 0.05) is 28.2 Å². The summed E-state index contributed by atoms with van der Waals surface area (Å²) in [6.45, 7) is 3.83. The molecule has 0 spiro atoms. The number of anilines is 3. The van der Waals surface area contributed by atoms with Gasteiger partial charge in [0.05, 0.1) is 12.2 Å². The number of benzene rings is 2. The van der Waals surface area contributed by atoms with Crippen LogP contribution in [0, 0.1) is 6.92 Å². The van der Waals surface area contributed by atoms with E-state index in [1.807, 2.05) is 6.92 Å². The minimum Gasteiger partial charge on any atom is -0.462 e. The van der Waals surface area contributed by atoms with Crippen LogP contribution in [-0.2, 0) is 4.74 Å². The molecule has 0 unspecified atom stereocenters. The first-order chi connectivity index (χ1) is 15.9. The number of nitrogens with zero attached hydrogens (tertiary/aromatic N) is 3. The molecule has 2 heterocycles. The number of nitrogens with two attached hydrogens (primary N) is 1. The number of ether oxygens (including phenoxy) is 1. The lowest BCUT2D eigenvalue weighted by Gasteiger charge is -2.10. The average molecular weight is 465 g/mol. The monoisotopic (exact) mass is 464 g/mol. The fourth-order valence-electron chi connectivity index (χ4n) is 3.43. The number of urea groups is 1. The first kappa shape index (κ1) is 22.1. The molecule has 168 valence electrons. The molecule has 33 heavy (non-hydrogen) atoms. The molecule has 0 atom stereocenters. The van der Waals surface area contributed by atoms with Gasteiger partial charge >= 0.3 is 12.0 Å². The molecule has 0 aliphatic heterocycles. The maximum absolute atomic E-state index is 12.6. The molecule has 2 aromatic carbocycles. The number of carbonyl (C=O) groups is 2. The van der Waals surface area contributed by atoms with Crippen LogP contribution in [-0.4, -0.2) is 33.2 Å². The van der Waals surface area contributed by atoms with Crippen molar-refractivity contribution in [3.8, 4) is 11.1 Å². The van der Waals surface area contributed by atoms with Gasteiger partial charge in [0.15, 0.2) is 5.82 Å². The van der Waals surface area contributed by atoms with Crippen molar-refractivity contribution >= 4 is 46.3 Å². The summed E-state index contributed by atoms with van der Waals surface area (Å²) in [5, 5.41) is 10.3. The Hall–Kier alpha value is -4.11. The maximum atomic E-state index is 12.6. The summed E-state index contributed by atoms with van der Waals surface area (Å²) in [7, 11) is 0. The number of nitrogen functional groups attached to an aromatic ring is 1. The lowest BCUT2D eigenvalue weighted by Crippen LogP contribution is -2.19. The Morgan fingerprint density at radius 3 is 2.52 bits per heavy atom. The molecule has 0 radical (unpaired) electrons. The number of nitrogens with one attached hydrogen (secondary N) is 2. The van der Waals surface area contributed by atoms with Gasteiger partial charge in [0.1, 0.15) is 11.8 Å². The summed E-state index contributed by atoms with van der Waals surface area (Å²) in [6.07, 6.45) is 2.88. The van der Waals surface area contributed by atoms with E-state index < -0.39 is 12.0 Å². The summed E-state index contributed by atoms with van der Waals surface area (Å²) in [6, 6.07) is 11.8. The second-order valence-electron chi connectivity index (χ2n) is 7.20. The predicted octanol–water partition coefficient (Wildman–Crippen LogP) is 4.76. The van der Waals surface area contributed by atoms with Gasteiger partial charge in [-0.3, -0.25) is 0 Å². The number of rotatable bonds is 5. The van der Waals surface area contributed by atoms with Crippen molar-refractivity contribution in [2.24, 2.45) is 0 Å². The SMILES string of the molecule is CCOC(=O)c1cn2ncnc(N)c2c1-c1ccc(NC(=O)Nc2ccc(Cl)c(C)c2)cc1. The molecule has 0 aliphatic rings. The van der Waals surface area contributed by atoms with Gasteiger partial charge in [0.25, 0.3) is 0 Å². The van der Waals surface area contributed by atoms with Gasteiger partial charge in [-0.15, -0.1) is 0 Å². The van der Waals surface area contributed by atoms with Crippen LogP contribution in [0.4, 0.5) is 22.0 Å². The Morgan fingerprint density at radius 2 is 1.82 bits per heavy atom. The second kappa shape index (κ2) is 9.17. The van der Waals surface area contributed by atoms with Crippen molar-refractivity contribution in [2.45, 2.75) is 13.8 Å². The molecular formula is C23H21ClN6O3. The molecule has 4 N–H and O–H groups in total. The lowest BCUT2D eigenvalue weighted by molar-refractivity contribution is 0.0527. The highest BCUT2D eigenvalue weighted by molar-refractivity contribution is 6.31. The Balaban J connectivity index is 1.60. The zero-order valence-electron chi connectivity index (χ0n) is 17.9. The molecule has 2 aromatic heterocycles. The molecule has 0 aliphatic carbocycles. The van der Waals surface area contributed by atoms with E-state index in [4.69, 9.17) is 22.1 Å². The van der Waals surface area contributed by atoms with Gasteiger partial charge in [-0.05, 0) is 55.3 Å². The normalized spacial score (nSPS) is 10.8. The highest BCUT2D eigenvalue weighted by Gasteiger charge is 2.22. The molecule has 0 saturated heterocycles. The van der Waals surface area contributed by atoms with Gasteiger partial charge in [0.2, 0.25) is 0 Å². The summed E-state index contributed by atoms with van der Waals surface area (Å²) in [5.41, 5.74) is 10.2. The number of esters is 1. The summed E-state index contributed by atoms with van der Waals surface area (Å²) in [5.74, 6) is -0.257. The number of carbonyl (C=O) groups excluding carboxylic acids is 2. The van der Waals surface area contributed by atoms with Crippen LogP contribution in [0.1, 0.15) is 22.8 Å². The van der Waals surface area contributed by atoms with Crippen LogP contribution in [0.15, 0.2) is 55.0 Å². The quantitative estimate of drug-likeness (QED) is 0.366. The molecular weight excluding hydrogens is 444 g/mol. The van der Waals surface area contributed by atoms with E-state index >= 15 is 0 Å². The minimum absolute atomic E-state index is 0.232. The lowest BCUT2D eigenvalue weighted by atomic mass is 10.0. The van der Waals surface area contributed by atoms with Gasteiger partial charge < -0.3 is 21.1 Å². The number of aryl methyl sites for hydroxylation is 1. The van der Waals surface area contributed by atoms with Crippen molar-refractivity contribution in [2.75, 3.05) is 23.0 Å². The first-order valence-electron chi connectivity index (χ1n) is 10.1. The predicted molar refractivity (Wildman–Crippen MR) is 128 cm³/mol. The van der Waals surface area contributed by atoms with Gasteiger partial charge in [-0.2, -0.15) is 5.10 Å². The number of amides is 2. The molecule has 4 aromatic rings. The second-order valence-corrected chi connectivity index (χ2v) is 7.60. The highest BCUT2D eigenvalue weighted by Crippen LogP contribution is 2.33. The molecule has 0 saturated carbocycles. The number of halogens is 1. The first-order valence-corrected chi connectivity index (χ1v) is 10.5. The zero-order chi connectivity index (χ0) is 23.5. The molecule has 9 nitrogen and oxygen atoms in total. The number of fused-ring (bicyclic) bond motifs is 1. The van der Waals surface area contributed by atoms with Crippen LogP contribution in [0.5, 0.6) is 0 Å². The van der Waals surface area contributed by atoms with Crippen LogP contribution in [0.3, 0.4) is 0 Å². The Bertz CT molecular complexity index is 1350. The van der Waals surface area contributed by atoms with Crippen LogP contribution < -0.4 is 16.4 Å². The van der Waals surface area contributed by atoms with Crippen molar-refractivity contribution in [3.63, 3.8) is 0 Å². The van der Waals surface area contributed by atoms with Gasteiger partial charge in [-0.1, -0.05) is 23.7 Å². The van der Waals surface area contributed by atoms with E-state index in [0.29, 0.717) is 38.6 Å². The third-order valence-electron chi connectivity index (χ3n) is 4.94. The van der Waals surface area contributed by atoms with E-state index in [-0.39, 0.29) is 12.4 Å². The van der Waals surface area contributed by atoms with Crippen LogP contribution in [0.25, 0.3) is 16.6 Å². The maximum Gasteiger partial charge on any atom is 0.340 e. The molecule has 0 bridgehead atoms. The third-order valence-corrected chi connectivity index (χ3v) is 5.37. The Labute approximate surface area is 194 Å². The van der Waals surface area contributed by atoms with Crippen molar-refractivity contribution in [1.82, 2.24) is 14.6 Å². The molecule has 4 rings (SSSR count). The standard InChI is InChI=1S/C23H21ClN6O3/c1-3-33-22(31)17-11-30-20(21(25)26-12-27-30)19(17)14-4-6-15(7-5-14)28-23(32)29-16-8-9-18(24)13(2)10-16/h4-12H,3H2,1-2H3,(H2,25,26,27)(H2,28,29,32). The van der Waals surface area contributed by atoms with Crippen LogP contribution >= 0.6 is 11.6 Å². The molecule has 10 heteroatoms. The van der Waals surface area contributed by atoms with E-state index in [1.165, 1.54) is 10.8 Å². The van der Waals surface area contributed by atoms with E-state index in [1.54, 1.807) is 55.6 Å². The number of hydrogen-bond donors (Lipinski definition) is 3.